The fourth-order valence-electron chi connectivity index (χ4n) is 0.770. The first-order valence-corrected chi connectivity index (χ1v) is 9.45. The van der Waals surface area contributed by atoms with E-state index < -0.39 is 9.84 Å². The van der Waals surface area contributed by atoms with Gasteiger partial charge in [-0.3, -0.25) is 0 Å². The van der Waals surface area contributed by atoms with Gasteiger partial charge >= 0.3 is 0 Å². The number of hydrogen-bond acceptors (Lipinski definition) is 2. The van der Waals surface area contributed by atoms with Crippen LogP contribution < -0.4 is 0 Å². The summed E-state index contributed by atoms with van der Waals surface area (Å²) in [5.74, 6) is 0. The largest absolute Gasteiger partial charge is 0.229 e. The summed E-state index contributed by atoms with van der Waals surface area (Å²) >= 11 is 0. The van der Waals surface area contributed by atoms with E-state index in [1.54, 1.807) is 0 Å². The summed E-state index contributed by atoms with van der Waals surface area (Å²) in [5, 5.41) is 0. The summed E-state index contributed by atoms with van der Waals surface area (Å²) in [6.07, 6.45) is 2.32. The average Bonchev–Trinajstić information content (AvgIpc) is 2.54. The van der Waals surface area contributed by atoms with Gasteiger partial charge in [-0.15, -0.1) is 0 Å². The third-order valence-corrected chi connectivity index (χ3v) is 1.33. The van der Waals surface area contributed by atoms with Gasteiger partial charge in [0.05, 0.1) is 0 Å². The second-order valence-electron chi connectivity index (χ2n) is 3.45. The van der Waals surface area contributed by atoms with E-state index in [9.17, 15) is 8.42 Å². The summed E-state index contributed by atoms with van der Waals surface area (Å²) in [6.45, 7) is 8.00. The van der Waals surface area contributed by atoms with Gasteiger partial charge in [0.2, 0.25) is 0 Å². The molecule has 0 aliphatic carbocycles. The molecule has 0 saturated heterocycles. The van der Waals surface area contributed by atoms with Crippen molar-refractivity contribution in [2.24, 2.45) is 0 Å². The van der Waals surface area contributed by atoms with E-state index in [2.05, 4.69) is 0 Å². The minimum atomic E-state index is -2.67. The lowest BCUT2D eigenvalue weighted by atomic mass is 10.4. The second-order valence-corrected chi connectivity index (χ2v) is 5.74. The van der Waals surface area contributed by atoms with Crippen molar-refractivity contribution in [3.8, 4) is 0 Å². The Morgan fingerprint density at radius 1 is 0.429 bits per heavy atom. The molecular formula is C18H30O2S. The highest BCUT2D eigenvalue weighted by atomic mass is 32.2. The van der Waals surface area contributed by atoms with Crippen LogP contribution in [-0.2, 0) is 9.84 Å². The third kappa shape index (κ3) is 45.8. The van der Waals surface area contributed by atoms with Crippen LogP contribution in [0.25, 0.3) is 0 Å². The van der Waals surface area contributed by atoms with E-state index in [0.717, 1.165) is 12.5 Å². The highest BCUT2D eigenvalue weighted by Crippen LogP contribution is 1.80. The molecule has 120 valence electrons. The van der Waals surface area contributed by atoms with Gasteiger partial charge in [0.25, 0.3) is 0 Å². The molecule has 21 heavy (non-hydrogen) atoms. The summed E-state index contributed by atoms with van der Waals surface area (Å²) in [7, 11) is -2.67. The van der Waals surface area contributed by atoms with Crippen LogP contribution >= 0.6 is 0 Å². The Bertz CT molecular complexity index is 358. The number of sulfone groups is 1. The molecule has 2 aromatic rings. The molecule has 0 heterocycles. The first kappa shape index (κ1) is 24.4. The van der Waals surface area contributed by atoms with E-state index in [4.69, 9.17) is 0 Å². The second kappa shape index (κ2) is 20.7. The standard InChI is InChI=1S/2C6H6.C2H6O2S.2C2H6/c2*1-2-4-6-5-3-1;1-5(2,3)4;2*1-2/h2*1-6H;1-2H3;2*1-2H3. The van der Waals surface area contributed by atoms with E-state index in [-0.39, 0.29) is 0 Å². The third-order valence-electron chi connectivity index (χ3n) is 1.33. The predicted octanol–water partition coefficient (Wildman–Crippen LogP) is 5.09. The van der Waals surface area contributed by atoms with E-state index in [1.807, 2.05) is 100 Å². The topological polar surface area (TPSA) is 34.1 Å². The van der Waals surface area contributed by atoms with Crippen molar-refractivity contribution in [1.82, 2.24) is 0 Å². The summed E-state index contributed by atoms with van der Waals surface area (Å²) in [6, 6.07) is 24.0. The van der Waals surface area contributed by atoms with Crippen molar-refractivity contribution in [2.75, 3.05) is 12.5 Å². The lowest BCUT2D eigenvalue weighted by Crippen LogP contribution is -1.86. The van der Waals surface area contributed by atoms with E-state index in [1.165, 1.54) is 0 Å². The quantitative estimate of drug-likeness (QED) is 0.679. The van der Waals surface area contributed by atoms with E-state index >= 15 is 0 Å². The zero-order valence-corrected chi connectivity index (χ0v) is 15.0. The fourth-order valence-corrected chi connectivity index (χ4v) is 0.770. The molecule has 0 aromatic heterocycles. The molecule has 0 bridgehead atoms. The highest BCUT2D eigenvalue weighted by Gasteiger charge is 1.79. The van der Waals surface area contributed by atoms with Crippen molar-refractivity contribution < 1.29 is 8.42 Å². The summed E-state index contributed by atoms with van der Waals surface area (Å²) < 4.78 is 19.3. The lowest BCUT2D eigenvalue weighted by Gasteiger charge is -1.69. The molecule has 2 aromatic carbocycles. The molecule has 3 heteroatoms. The van der Waals surface area contributed by atoms with Gasteiger partial charge in [-0.1, -0.05) is 100 Å². The summed E-state index contributed by atoms with van der Waals surface area (Å²) in [4.78, 5) is 0. The minimum Gasteiger partial charge on any atom is -0.229 e. The van der Waals surface area contributed by atoms with Crippen LogP contribution in [0, 0.1) is 0 Å². The summed E-state index contributed by atoms with van der Waals surface area (Å²) in [5.41, 5.74) is 0. The monoisotopic (exact) mass is 310 g/mol. The molecule has 0 unspecified atom stereocenters. The molecule has 2 rings (SSSR count). The molecule has 0 atom stereocenters. The van der Waals surface area contributed by atoms with Gasteiger partial charge in [0.1, 0.15) is 9.84 Å². The van der Waals surface area contributed by atoms with Crippen LogP contribution in [0.1, 0.15) is 27.7 Å². The average molecular weight is 311 g/mol. The van der Waals surface area contributed by atoms with Crippen LogP contribution in [-0.4, -0.2) is 20.9 Å². The first-order valence-electron chi connectivity index (χ1n) is 7.15. The molecule has 0 aliphatic heterocycles. The molecular weight excluding hydrogens is 280 g/mol. The van der Waals surface area contributed by atoms with Crippen molar-refractivity contribution in [1.29, 1.82) is 0 Å². The number of rotatable bonds is 0. The smallest absolute Gasteiger partial charge is 0.144 e. The van der Waals surface area contributed by atoms with Crippen LogP contribution in [0.3, 0.4) is 0 Å². The first-order chi connectivity index (χ1) is 10.0. The normalized spacial score (nSPS) is 7.90. The van der Waals surface area contributed by atoms with E-state index in [0.29, 0.717) is 0 Å². The van der Waals surface area contributed by atoms with Crippen molar-refractivity contribution in [3.63, 3.8) is 0 Å². The Hall–Kier alpha value is -1.61. The molecule has 0 saturated carbocycles. The van der Waals surface area contributed by atoms with Crippen molar-refractivity contribution in [2.45, 2.75) is 27.7 Å². The Morgan fingerprint density at radius 3 is 0.524 bits per heavy atom. The molecule has 0 aliphatic rings. The Balaban J connectivity index is -0.000000208. The molecule has 0 fully saturated rings. The number of benzene rings is 2. The van der Waals surface area contributed by atoms with Crippen LogP contribution in [0.15, 0.2) is 72.8 Å². The Labute approximate surface area is 131 Å². The zero-order valence-electron chi connectivity index (χ0n) is 14.2. The van der Waals surface area contributed by atoms with Gasteiger partial charge < -0.3 is 0 Å². The molecule has 0 amide bonds. The maximum atomic E-state index is 9.63. The lowest BCUT2D eigenvalue weighted by molar-refractivity contribution is 0.607. The molecule has 0 spiro atoms. The molecule has 0 N–H and O–H groups in total. The highest BCUT2D eigenvalue weighted by molar-refractivity contribution is 7.89. The maximum absolute atomic E-state index is 9.63. The van der Waals surface area contributed by atoms with Gasteiger partial charge in [-0.05, 0) is 0 Å². The SMILES string of the molecule is CC.CC.CS(C)(=O)=O.c1ccccc1.c1ccccc1. The zero-order chi connectivity index (χ0) is 17.0. The fraction of sp³-hybridized carbons (Fsp3) is 0.333. The minimum absolute atomic E-state index is 1.16. The van der Waals surface area contributed by atoms with Gasteiger partial charge in [0, 0.05) is 12.5 Å². The van der Waals surface area contributed by atoms with Gasteiger partial charge in [-0.2, -0.15) is 0 Å². The Morgan fingerprint density at radius 2 is 0.476 bits per heavy atom. The van der Waals surface area contributed by atoms with Crippen LogP contribution in [0.4, 0.5) is 0 Å². The van der Waals surface area contributed by atoms with Gasteiger partial charge in [0.15, 0.2) is 0 Å². The predicted molar refractivity (Wildman–Crippen MR) is 96.3 cm³/mol. The maximum Gasteiger partial charge on any atom is 0.144 e. The van der Waals surface area contributed by atoms with Crippen LogP contribution in [0.5, 0.6) is 0 Å². The van der Waals surface area contributed by atoms with Crippen molar-refractivity contribution in [3.05, 3.63) is 72.8 Å². The van der Waals surface area contributed by atoms with Crippen LogP contribution in [0.2, 0.25) is 0 Å². The molecule has 0 radical (unpaired) electrons. The Kier molecular flexibility index (Phi) is 24.1. The number of hydrogen-bond donors (Lipinski definition) is 0. The molecule has 2 nitrogen and oxygen atoms in total. The van der Waals surface area contributed by atoms with Crippen molar-refractivity contribution >= 4 is 9.84 Å². The van der Waals surface area contributed by atoms with Gasteiger partial charge in [-0.25, -0.2) is 8.42 Å².